The summed E-state index contributed by atoms with van der Waals surface area (Å²) >= 11 is 0. The van der Waals surface area contributed by atoms with Gasteiger partial charge in [0.2, 0.25) is 5.91 Å². The summed E-state index contributed by atoms with van der Waals surface area (Å²) in [5.74, 6) is -1.65. The van der Waals surface area contributed by atoms with Crippen LogP contribution in [0.3, 0.4) is 0 Å². The van der Waals surface area contributed by atoms with E-state index in [0.717, 1.165) is 17.7 Å². The third-order valence-corrected chi connectivity index (χ3v) is 1.81. The standard InChI is InChI=1S/C11H12N2O3/c12-7-8-2-1-3-9(6-8)13-10(14)4-5-11(15)16/h1-6H,7,12H2,(H,13,14)(H,15,16)/b5-4+. The number of aliphatic carboxylic acids is 1. The molecule has 1 rings (SSSR count). The topological polar surface area (TPSA) is 92.4 Å². The molecule has 0 atom stereocenters. The molecule has 0 fully saturated rings. The summed E-state index contributed by atoms with van der Waals surface area (Å²) in [5, 5.41) is 10.9. The van der Waals surface area contributed by atoms with E-state index in [-0.39, 0.29) is 0 Å². The van der Waals surface area contributed by atoms with Gasteiger partial charge in [-0.15, -0.1) is 0 Å². The van der Waals surface area contributed by atoms with Gasteiger partial charge in [0.1, 0.15) is 0 Å². The number of benzene rings is 1. The van der Waals surface area contributed by atoms with Crippen molar-refractivity contribution in [2.75, 3.05) is 5.32 Å². The molecule has 0 spiro atoms. The van der Waals surface area contributed by atoms with Crippen molar-refractivity contribution in [3.63, 3.8) is 0 Å². The van der Waals surface area contributed by atoms with Crippen molar-refractivity contribution in [2.24, 2.45) is 5.73 Å². The van der Waals surface area contributed by atoms with E-state index in [1.165, 1.54) is 0 Å². The second-order valence-corrected chi connectivity index (χ2v) is 3.07. The Labute approximate surface area is 92.6 Å². The molecule has 84 valence electrons. The number of nitrogens with one attached hydrogen (secondary N) is 1. The summed E-state index contributed by atoms with van der Waals surface area (Å²) in [4.78, 5) is 21.4. The van der Waals surface area contributed by atoms with E-state index in [4.69, 9.17) is 10.8 Å². The fourth-order valence-electron chi connectivity index (χ4n) is 1.11. The van der Waals surface area contributed by atoms with Crippen molar-refractivity contribution in [3.05, 3.63) is 42.0 Å². The second kappa shape index (κ2) is 5.67. The van der Waals surface area contributed by atoms with Gasteiger partial charge in [-0.3, -0.25) is 4.79 Å². The Hall–Kier alpha value is -2.14. The molecule has 0 heterocycles. The van der Waals surface area contributed by atoms with Crippen LogP contribution in [0, 0.1) is 0 Å². The lowest BCUT2D eigenvalue weighted by Crippen LogP contribution is -2.09. The maximum Gasteiger partial charge on any atom is 0.328 e. The number of hydrogen-bond acceptors (Lipinski definition) is 3. The van der Waals surface area contributed by atoms with Gasteiger partial charge < -0.3 is 16.2 Å². The molecular weight excluding hydrogens is 208 g/mol. The lowest BCUT2D eigenvalue weighted by molar-refractivity contribution is -0.131. The van der Waals surface area contributed by atoms with Gasteiger partial charge in [-0.2, -0.15) is 0 Å². The van der Waals surface area contributed by atoms with Crippen LogP contribution in [0.15, 0.2) is 36.4 Å². The van der Waals surface area contributed by atoms with Gasteiger partial charge in [0.15, 0.2) is 0 Å². The van der Waals surface area contributed by atoms with Crippen LogP contribution < -0.4 is 11.1 Å². The normalized spacial score (nSPS) is 10.3. The van der Waals surface area contributed by atoms with Crippen LogP contribution in [0.4, 0.5) is 5.69 Å². The summed E-state index contributed by atoms with van der Waals surface area (Å²) in [5.41, 5.74) is 6.92. The predicted molar refractivity (Wildman–Crippen MR) is 59.7 cm³/mol. The fraction of sp³-hybridized carbons (Fsp3) is 0.0909. The molecule has 0 aliphatic heterocycles. The van der Waals surface area contributed by atoms with E-state index >= 15 is 0 Å². The predicted octanol–water partition coefficient (Wildman–Crippen LogP) is 0.725. The Kier molecular flexibility index (Phi) is 4.23. The number of rotatable bonds is 4. The quantitative estimate of drug-likeness (QED) is 0.652. The maximum atomic E-state index is 11.2. The second-order valence-electron chi connectivity index (χ2n) is 3.07. The van der Waals surface area contributed by atoms with Crippen molar-refractivity contribution in [3.8, 4) is 0 Å². The molecule has 0 aliphatic rings. The molecule has 0 aromatic heterocycles. The monoisotopic (exact) mass is 220 g/mol. The number of anilines is 1. The summed E-state index contributed by atoms with van der Waals surface area (Å²) in [6.07, 6.45) is 1.74. The van der Waals surface area contributed by atoms with Gasteiger partial charge >= 0.3 is 5.97 Å². The first-order valence-electron chi connectivity index (χ1n) is 4.63. The molecule has 5 nitrogen and oxygen atoms in total. The van der Waals surface area contributed by atoms with Crippen LogP contribution in [0.2, 0.25) is 0 Å². The van der Waals surface area contributed by atoms with Crippen LogP contribution in [0.1, 0.15) is 5.56 Å². The largest absolute Gasteiger partial charge is 0.478 e. The SMILES string of the molecule is NCc1cccc(NC(=O)/C=C/C(=O)O)c1. The summed E-state index contributed by atoms with van der Waals surface area (Å²) < 4.78 is 0. The highest BCUT2D eigenvalue weighted by molar-refractivity contribution is 6.02. The maximum absolute atomic E-state index is 11.2. The number of nitrogens with two attached hydrogens (primary N) is 1. The fourth-order valence-corrected chi connectivity index (χ4v) is 1.11. The Morgan fingerprint density at radius 2 is 2.12 bits per heavy atom. The van der Waals surface area contributed by atoms with E-state index in [1.54, 1.807) is 18.2 Å². The number of amides is 1. The molecular formula is C11H12N2O3. The third-order valence-electron chi connectivity index (χ3n) is 1.81. The Balaban J connectivity index is 2.65. The molecule has 1 amide bonds. The number of carbonyl (C=O) groups excluding carboxylic acids is 1. The third kappa shape index (κ3) is 3.93. The van der Waals surface area contributed by atoms with Crippen LogP contribution in [0.25, 0.3) is 0 Å². The minimum Gasteiger partial charge on any atom is -0.478 e. The number of carbonyl (C=O) groups is 2. The number of carboxylic acids is 1. The van der Waals surface area contributed by atoms with Crippen LogP contribution in [-0.2, 0) is 16.1 Å². The Bertz CT molecular complexity index is 427. The molecule has 5 heteroatoms. The highest BCUT2D eigenvalue weighted by atomic mass is 16.4. The molecule has 0 saturated carbocycles. The van der Waals surface area contributed by atoms with Gasteiger partial charge in [0.05, 0.1) is 0 Å². The first kappa shape index (κ1) is 11.9. The molecule has 0 aliphatic carbocycles. The summed E-state index contributed by atoms with van der Waals surface area (Å²) in [6.45, 7) is 0.384. The zero-order valence-electron chi connectivity index (χ0n) is 8.51. The van der Waals surface area contributed by atoms with Crippen LogP contribution in [0.5, 0.6) is 0 Å². The van der Waals surface area contributed by atoms with Crippen LogP contribution in [-0.4, -0.2) is 17.0 Å². The smallest absolute Gasteiger partial charge is 0.328 e. The minimum atomic E-state index is -1.16. The van der Waals surface area contributed by atoms with Crippen molar-refractivity contribution in [1.29, 1.82) is 0 Å². The Morgan fingerprint density at radius 3 is 2.75 bits per heavy atom. The highest BCUT2D eigenvalue weighted by Gasteiger charge is 1.99. The lowest BCUT2D eigenvalue weighted by Gasteiger charge is -2.03. The number of hydrogen-bond donors (Lipinski definition) is 3. The molecule has 4 N–H and O–H groups in total. The van der Waals surface area contributed by atoms with E-state index in [2.05, 4.69) is 5.32 Å². The summed E-state index contributed by atoms with van der Waals surface area (Å²) in [7, 11) is 0. The van der Waals surface area contributed by atoms with Gasteiger partial charge in [0, 0.05) is 24.4 Å². The van der Waals surface area contributed by atoms with Crippen molar-refractivity contribution < 1.29 is 14.7 Å². The molecule has 0 saturated heterocycles. The van der Waals surface area contributed by atoms with Gasteiger partial charge in [0.25, 0.3) is 0 Å². The van der Waals surface area contributed by atoms with Crippen molar-refractivity contribution >= 4 is 17.6 Å². The molecule has 0 bridgehead atoms. The number of carboxylic acid groups (broad SMARTS) is 1. The van der Waals surface area contributed by atoms with Gasteiger partial charge in [-0.1, -0.05) is 12.1 Å². The van der Waals surface area contributed by atoms with E-state index < -0.39 is 11.9 Å². The van der Waals surface area contributed by atoms with Gasteiger partial charge in [-0.25, -0.2) is 4.79 Å². The molecule has 0 radical (unpaired) electrons. The van der Waals surface area contributed by atoms with Crippen LogP contribution >= 0.6 is 0 Å². The molecule has 16 heavy (non-hydrogen) atoms. The average molecular weight is 220 g/mol. The van der Waals surface area contributed by atoms with Crippen molar-refractivity contribution in [2.45, 2.75) is 6.54 Å². The van der Waals surface area contributed by atoms with Crippen molar-refractivity contribution in [1.82, 2.24) is 0 Å². The minimum absolute atomic E-state index is 0.384. The zero-order chi connectivity index (χ0) is 12.0. The average Bonchev–Trinajstić information content (AvgIpc) is 2.26. The summed E-state index contributed by atoms with van der Waals surface area (Å²) in [6, 6.07) is 7.03. The first-order valence-corrected chi connectivity index (χ1v) is 4.63. The first-order chi connectivity index (χ1) is 7.61. The lowest BCUT2D eigenvalue weighted by atomic mass is 10.2. The zero-order valence-corrected chi connectivity index (χ0v) is 8.51. The molecule has 1 aromatic rings. The molecule has 0 unspecified atom stereocenters. The molecule has 1 aromatic carbocycles. The van der Waals surface area contributed by atoms with E-state index in [1.807, 2.05) is 6.07 Å². The van der Waals surface area contributed by atoms with Gasteiger partial charge in [-0.05, 0) is 17.7 Å². The Morgan fingerprint density at radius 1 is 1.38 bits per heavy atom. The van der Waals surface area contributed by atoms with E-state index in [0.29, 0.717) is 12.2 Å². The van der Waals surface area contributed by atoms with E-state index in [9.17, 15) is 9.59 Å². The highest BCUT2D eigenvalue weighted by Crippen LogP contribution is 2.09.